The molecule has 6 heteroatoms. The van der Waals surface area contributed by atoms with Crippen LogP contribution in [0.25, 0.3) is 0 Å². The Morgan fingerprint density at radius 2 is 1.90 bits per heavy atom. The number of amides is 2. The summed E-state index contributed by atoms with van der Waals surface area (Å²) in [6, 6.07) is 0. The number of rotatable bonds is 6. The van der Waals surface area contributed by atoms with Crippen molar-refractivity contribution in [2.75, 3.05) is 39.3 Å². The zero-order valence-electron chi connectivity index (χ0n) is 12.0. The third kappa shape index (κ3) is 5.09. The lowest BCUT2D eigenvalue weighted by atomic mass is 10.1. The van der Waals surface area contributed by atoms with Crippen molar-refractivity contribution in [1.82, 2.24) is 15.5 Å². The number of nitrogens with zero attached hydrogens (tertiary/aromatic N) is 1. The van der Waals surface area contributed by atoms with Crippen LogP contribution in [0.1, 0.15) is 32.1 Å². The Morgan fingerprint density at radius 1 is 1.20 bits per heavy atom. The van der Waals surface area contributed by atoms with Gasteiger partial charge in [0.1, 0.15) is 6.61 Å². The predicted octanol–water partition coefficient (Wildman–Crippen LogP) is -0.116. The molecular formula is C14H25N3O3. The molecule has 2 rings (SSSR count). The lowest BCUT2D eigenvalue weighted by Crippen LogP contribution is -2.37. The Kier molecular flexibility index (Phi) is 6.26. The first kappa shape index (κ1) is 15.3. The van der Waals surface area contributed by atoms with Crippen molar-refractivity contribution in [2.24, 2.45) is 0 Å². The van der Waals surface area contributed by atoms with Crippen molar-refractivity contribution in [3.63, 3.8) is 0 Å². The van der Waals surface area contributed by atoms with Crippen LogP contribution in [0.2, 0.25) is 0 Å². The highest BCUT2D eigenvalue weighted by Crippen LogP contribution is 2.08. The van der Waals surface area contributed by atoms with E-state index in [-0.39, 0.29) is 24.5 Å². The Bertz CT molecular complexity index is 324. The maximum absolute atomic E-state index is 11.8. The summed E-state index contributed by atoms with van der Waals surface area (Å²) >= 11 is 0. The number of hydrogen-bond donors (Lipinski definition) is 2. The largest absolute Gasteiger partial charge is 0.368 e. The maximum atomic E-state index is 11.8. The predicted molar refractivity (Wildman–Crippen MR) is 75.3 cm³/mol. The summed E-state index contributed by atoms with van der Waals surface area (Å²) in [6.45, 7) is 4.15. The Balaban J connectivity index is 1.52. The number of nitrogens with one attached hydrogen (secondary N) is 2. The van der Waals surface area contributed by atoms with Gasteiger partial charge in [0.25, 0.3) is 0 Å². The standard InChI is InChI=1S/C14H25N3O3/c18-13(11-20-12-3-6-15-7-4-12)16-8-5-14(19)17-9-1-2-10-17/h12,15H,1-11H2,(H,16,18). The molecule has 0 saturated carbocycles. The van der Waals surface area contributed by atoms with E-state index in [1.807, 2.05) is 4.90 Å². The quantitative estimate of drug-likeness (QED) is 0.713. The Morgan fingerprint density at radius 3 is 2.60 bits per heavy atom. The molecule has 2 N–H and O–H groups in total. The summed E-state index contributed by atoms with van der Waals surface area (Å²) in [5.74, 6) is 0.0137. The summed E-state index contributed by atoms with van der Waals surface area (Å²) in [7, 11) is 0. The summed E-state index contributed by atoms with van der Waals surface area (Å²) < 4.78 is 5.55. The minimum atomic E-state index is -0.127. The van der Waals surface area contributed by atoms with Gasteiger partial charge in [-0.2, -0.15) is 0 Å². The van der Waals surface area contributed by atoms with Crippen LogP contribution in [0.4, 0.5) is 0 Å². The molecule has 2 fully saturated rings. The molecule has 0 aliphatic carbocycles. The van der Waals surface area contributed by atoms with E-state index in [0.717, 1.165) is 51.9 Å². The smallest absolute Gasteiger partial charge is 0.246 e. The zero-order chi connectivity index (χ0) is 14.2. The fourth-order valence-corrected chi connectivity index (χ4v) is 2.64. The van der Waals surface area contributed by atoms with E-state index in [9.17, 15) is 9.59 Å². The van der Waals surface area contributed by atoms with Gasteiger partial charge < -0.3 is 20.3 Å². The van der Waals surface area contributed by atoms with Crippen LogP contribution < -0.4 is 10.6 Å². The van der Waals surface area contributed by atoms with E-state index in [0.29, 0.717) is 13.0 Å². The highest BCUT2D eigenvalue weighted by molar-refractivity contribution is 5.79. The van der Waals surface area contributed by atoms with E-state index in [2.05, 4.69) is 10.6 Å². The van der Waals surface area contributed by atoms with E-state index in [1.165, 1.54) is 0 Å². The van der Waals surface area contributed by atoms with E-state index < -0.39 is 0 Å². The van der Waals surface area contributed by atoms with Crippen LogP contribution in [0.15, 0.2) is 0 Å². The average molecular weight is 283 g/mol. The Hall–Kier alpha value is -1.14. The molecule has 2 saturated heterocycles. The number of ether oxygens (including phenoxy) is 1. The van der Waals surface area contributed by atoms with Gasteiger partial charge in [-0.1, -0.05) is 0 Å². The lowest BCUT2D eigenvalue weighted by molar-refractivity contribution is -0.130. The van der Waals surface area contributed by atoms with E-state index in [1.54, 1.807) is 0 Å². The summed E-state index contributed by atoms with van der Waals surface area (Å²) in [6.07, 6.45) is 4.69. The van der Waals surface area contributed by atoms with Gasteiger partial charge in [0.15, 0.2) is 0 Å². The van der Waals surface area contributed by atoms with Crippen molar-refractivity contribution in [2.45, 2.75) is 38.2 Å². The van der Waals surface area contributed by atoms with Crippen LogP contribution in [0.3, 0.4) is 0 Å². The monoisotopic (exact) mass is 283 g/mol. The minimum Gasteiger partial charge on any atom is -0.368 e. The van der Waals surface area contributed by atoms with Gasteiger partial charge in [-0.25, -0.2) is 0 Å². The van der Waals surface area contributed by atoms with E-state index in [4.69, 9.17) is 4.74 Å². The second-order valence-electron chi connectivity index (χ2n) is 5.45. The fourth-order valence-electron chi connectivity index (χ4n) is 2.64. The molecule has 6 nitrogen and oxygen atoms in total. The molecule has 2 heterocycles. The van der Waals surface area contributed by atoms with Gasteiger partial charge in [-0.05, 0) is 38.8 Å². The molecule has 0 radical (unpaired) electrons. The summed E-state index contributed by atoms with van der Waals surface area (Å²) in [5, 5.41) is 6.00. The minimum absolute atomic E-state index is 0.0998. The third-order valence-electron chi connectivity index (χ3n) is 3.86. The molecule has 0 unspecified atom stereocenters. The molecular weight excluding hydrogens is 258 g/mol. The highest BCUT2D eigenvalue weighted by Gasteiger charge is 2.18. The first-order valence-corrected chi connectivity index (χ1v) is 7.62. The van der Waals surface area contributed by atoms with Gasteiger partial charge in [0.2, 0.25) is 11.8 Å². The van der Waals surface area contributed by atoms with Crippen LogP contribution in [0, 0.1) is 0 Å². The molecule has 0 aromatic carbocycles. The average Bonchev–Trinajstić information content (AvgIpc) is 3.00. The van der Waals surface area contributed by atoms with Crippen molar-refractivity contribution in [3.8, 4) is 0 Å². The fraction of sp³-hybridized carbons (Fsp3) is 0.857. The van der Waals surface area contributed by atoms with Crippen LogP contribution in [0.5, 0.6) is 0 Å². The van der Waals surface area contributed by atoms with Crippen molar-refractivity contribution in [3.05, 3.63) is 0 Å². The van der Waals surface area contributed by atoms with Crippen LogP contribution in [-0.2, 0) is 14.3 Å². The lowest BCUT2D eigenvalue weighted by Gasteiger charge is -2.22. The highest BCUT2D eigenvalue weighted by atomic mass is 16.5. The molecule has 2 aliphatic rings. The Labute approximate surface area is 120 Å². The molecule has 0 bridgehead atoms. The van der Waals surface area contributed by atoms with Crippen molar-refractivity contribution >= 4 is 11.8 Å². The molecule has 2 amide bonds. The molecule has 114 valence electrons. The zero-order valence-corrected chi connectivity index (χ0v) is 12.0. The second kappa shape index (κ2) is 8.21. The van der Waals surface area contributed by atoms with Gasteiger partial charge in [0.05, 0.1) is 6.10 Å². The van der Waals surface area contributed by atoms with Crippen LogP contribution in [-0.4, -0.2) is 62.1 Å². The third-order valence-corrected chi connectivity index (χ3v) is 3.86. The topological polar surface area (TPSA) is 70.7 Å². The number of carbonyl (C=O) groups excluding carboxylic acids is 2. The van der Waals surface area contributed by atoms with Gasteiger partial charge in [-0.15, -0.1) is 0 Å². The molecule has 0 spiro atoms. The number of carbonyl (C=O) groups is 2. The van der Waals surface area contributed by atoms with Gasteiger partial charge >= 0.3 is 0 Å². The van der Waals surface area contributed by atoms with Gasteiger partial charge in [0, 0.05) is 26.1 Å². The molecule has 0 aromatic heterocycles. The SMILES string of the molecule is O=C(COC1CCNCC1)NCCC(=O)N1CCCC1. The normalized spacial score (nSPS) is 20.1. The molecule has 2 aliphatic heterocycles. The molecule has 0 atom stereocenters. The van der Waals surface area contributed by atoms with Crippen molar-refractivity contribution in [1.29, 1.82) is 0 Å². The maximum Gasteiger partial charge on any atom is 0.246 e. The number of hydrogen-bond acceptors (Lipinski definition) is 4. The second-order valence-corrected chi connectivity index (χ2v) is 5.45. The first-order chi connectivity index (χ1) is 9.75. The number of piperidine rings is 1. The molecule has 0 aromatic rings. The first-order valence-electron chi connectivity index (χ1n) is 7.62. The van der Waals surface area contributed by atoms with E-state index >= 15 is 0 Å². The van der Waals surface area contributed by atoms with Gasteiger partial charge in [-0.3, -0.25) is 9.59 Å². The van der Waals surface area contributed by atoms with Crippen molar-refractivity contribution < 1.29 is 14.3 Å². The number of likely N-dealkylation sites (tertiary alicyclic amines) is 1. The molecule has 20 heavy (non-hydrogen) atoms. The van der Waals surface area contributed by atoms with Crippen LogP contribution >= 0.6 is 0 Å². The summed E-state index contributed by atoms with van der Waals surface area (Å²) in [4.78, 5) is 25.3. The summed E-state index contributed by atoms with van der Waals surface area (Å²) in [5.41, 5.74) is 0.